The third kappa shape index (κ3) is 4.87. The minimum absolute atomic E-state index is 0.000915. The van der Waals surface area contributed by atoms with Crippen molar-refractivity contribution < 1.29 is 14.6 Å². The molecule has 1 rings (SSSR count). The van der Waals surface area contributed by atoms with E-state index in [1.165, 1.54) is 6.92 Å². The zero-order valence-corrected chi connectivity index (χ0v) is 10.3. The van der Waals surface area contributed by atoms with Gasteiger partial charge in [0.05, 0.1) is 6.61 Å². The lowest BCUT2D eigenvalue weighted by molar-refractivity contribution is -0.118. The van der Waals surface area contributed by atoms with E-state index in [0.29, 0.717) is 6.54 Å². The highest BCUT2D eigenvalue weighted by molar-refractivity contribution is 5.72. The number of ether oxygens (including phenoxy) is 1. The molecule has 17 heavy (non-hydrogen) atoms. The molecule has 0 aliphatic heterocycles. The van der Waals surface area contributed by atoms with Crippen LogP contribution in [-0.2, 0) is 11.2 Å². The first kappa shape index (κ1) is 13.5. The fourth-order valence-corrected chi connectivity index (χ4v) is 1.53. The molecule has 0 radical (unpaired) electrons. The molecule has 0 saturated heterocycles. The second-order valence-electron chi connectivity index (χ2n) is 3.92. The highest BCUT2D eigenvalue weighted by Gasteiger charge is 2.04. The van der Waals surface area contributed by atoms with Crippen molar-refractivity contribution in [1.29, 1.82) is 0 Å². The van der Waals surface area contributed by atoms with E-state index in [0.717, 1.165) is 23.3 Å². The van der Waals surface area contributed by atoms with Crippen LogP contribution in [0.3, 0.4) is 0 Å². The van der Waals surface area contributed by atoms with Gasteiger partial charge in [-0.1, -0.05) is 12.1 Å². The normalized spacial score (nSPS) is 10.1. The topological polar surface area (TPSA) is 58.6 Å². The van der Waals surface area contributed by atoms with E-state index < -0.39 is 0 Å². The first-order valence-electron chi connectivity index (χ1n) is 5.71. The number of carbonyl (C=O) groups is 1. The Kier molecular flexibility index (Phi) is 5.49. The number of carbonyl (C=O) groups excluding carboxylic acids is 1. The summed E-state index contributed by atoms with van der Waals surface area (Å²) >= 11 is 0. The maximum Gasteiger partial charge on any atom is 0.216 e. The lowest BCUT2D eigenvalue weighted by Crippen LogP contribution is -2.22. The van der Waals surface area contributed by atoms with Crippen LogP contribution < -0.4 is 10.1 Å². The van der Waals surface area contributed by atoms with E-state index in [1.54, 1.807) is 0 Å². The summed E-state index contributed by atoms with van der Waals surface area (Å²) in [5, 5.41) is 11.5. The van der Waals surface area contributed by atoms with Gasteiger partial charge in [0, 0.05) is 13.5 Å². The predicted molar refractivity (Wildman–Crippen MR) is 66.1 cm³/mol. The number of nitrogens with one attached hydrogen (secondary N) is 1. The lowest BCUT2D eigenvalue weighted by atomic mass is 10.1. The van der Waals surface area contributed by atoms with E-state index in [1.807, 2.05) is 25.1 Å². The molecule has 0 fully saturated rings. The molecule has 0 aliphatic carbocycles. The van der Waals surface area contributed by atoms with Gasteiger partial charge in [-0.15, -0.1) is 0 Å². The fraction of sp³-hybridized carbons (Fsp3) is 0.462. The van der Waals surface area contributed by atoms with Crippen molar-refractivity contribution in [2.75, 3.05) is 19.8 Å². The minimum atomic E-state index is -0.0325. The van der Waals surface area contributed by atoms with E-state index in [4.69, 9.17) is 9.84 Å². The summed E-state index contributed by atoms with van der Waals surface area (Å²) < 4.78 is 5.46. The van der Waals surface area contributed by atoms with Gasteiger partial charge < -0.3 is 15.2 Å². The molecule has 0 aliphatic rings. The van der Waals surface area contributed by atoms with Crippen LogP contribution in [0, 0.1) is 6.92 Å². The smallest absolute Gasteiger partial charge is 0.216 e. The molecular formula is C13H19NO3. The fourth-order valence-electron chi connectivity index (χ4n) is 1.53. The van der Waals surface area contributed by atoms with Crippen LogP contribution in [0.2, 0.25) is 0 Å². The maximum absolute atomic E-state index is 10.8. The summed E-state index contributed by atoms with van der Waals surface area (Å²) in [5.74, 6) is 0.749. The lowest BCUT2D eigenvalue weighted by Gasteiger charge is -2.11. The Morgan fingerprint density at radius 2 is 2.24 bits per heavy atom. The Morgan fingerprint density at radius 1 is 1.47 bits per heavy atom. The largest absolute Gasteiger partial charge is 0.491 e. The average Bonchev–Trinajstić information content (AvgIpc) is 2.28. The van der Waals surface area contributed by atoms with Crippen LogP contribution in [0.5, 0.6) is 5.75 Å². The second kappa shape index (κ2) is 6.91. The molecule has 0 atom stereocenters. The van der Waals surface area contributed by atoms with Gasteiger partial charge in [-0.25, -0.2) is 0 Å². The van der Waals surface area contributed by atoms with Crippen LogP contribution in [0.1, 0.15) is 18.1 Å². The Balaban J connectivity index is 2.64. The number of aryl methyl sites for hydroxylation is 1. The Morgan fingerprint density at radius 3 is 2.88 bits per heavy atom. The summed E-state index contributed by atoms with van der Waals surface area (Å²) in [6.07, 6.45) is 0.723. The van der Waals surface area contributed by atoms with Crippen molar-refractivity contribution in [3.8, 4) is 5.75 Å². The van der Waals surface area contributed by atoms with Gasteiger partial charge in [0.25, 0.3) is 0 Å². The van der Waals surface area contributed by atoms with Crippen LogP contribution in [-0.4, -0.2) is 30.8 Å². The van der Waals surface area contributed by atoms with Gasteiger partial charge in [-0.3, -0.25) is 4.79 Å². The first-order valence-corrected chi connectivity index (χ1v) is 5.71. The van der Waals surface area contributed by atoms with Crippen molar-refractivity contribution in [2.45, 2.75) is 20.3 Å². The van der Waals surface area contributed by atoms with Crippen molar-refractivity contribution in [2.24, 2.45) is 0 Å². The second-order valence-corrected chi connectivity index (χ2v) is 3.92. The Labute approximate surface area is 102 Å². The molecular weight excluding hydrogens is 218 g/mol. The van der Waals surface area contributed by atoms with E-state index in [-0.39, 0.29) is 19.1 Å². The number of aliphatic hydroxyl groups is 1. The van der Waals surface area contributed by atoms with Gasteiger partial charge in [0.15, 0.2) is 0 Å². The zero-order chi connectivity index (χ0) is 12.7. The average molecular weight is 237 g/mol. The standard InChI is InChI=1S/C13H19NO3/c1-10-3-4-12(5-6-14-11(2)16)13(9-10)17-8-7-15/h3-4,9,15H,5-8H2,1-2H3,(H,14,16). The molecule has 1 amide bonds. The minimum Gasteiger partial charge on any atom is -0.491 e. The summed E-state index contributed by atoms with van der Waals surface area (Å²) in [7, 11) is 0. The summed E-state index contributed by atoms with van der Waals surface area (Å²) in [6, 6.07) is 5.94. The molecule has 0 bridgehead atoms. The van der Waals surface area contributed by atoms with E-state index >= 15 is 0 Å². The van der Waals surface area contributed by atoms with Gasteiger partial charge in [-0.2, -0.15) is 0 Å². The highest BCUT2D eigenvalue weighted by Crippen LogP contribution is 2.20. The summed E-state index contributed by atoms with van der Waals surface area (Å²) in [5.41, 5.74) is 2.15. The maximum atomic E-state index is 10.8. The van der Waals surface area contributed by atoms with Crippen molar-refractivity contribution in [1.82, 2.24) is 5.32 Å². The predicted octanol–water partition coefficient (Wildman–Crippen LogP) is 1.04. The quantitative estimate of drug-likeness (QED) is 0.777. The third-order valence-electron chi connectivity index (χ3n) is 2.34. The van der Waals surface area contributed by atoms with E-state index in [9.17, 15) is 4.79 Å². The van der Waals surface area contributed by atoms with Crippen molar-refractivity contribution in [3.63, 3.8) is 0 Å². The Hall–Kier alpha value is -1.55. The summed E-state index contributed by atoms with van der Waals surface area (Å²) in [4.78, 5) is 10.8. The van der Waals surface area contributed by atoms with Crippen molar-refractivity contribution in [3.05, 3.63) is 29.3 Å². The van der Waals surface area contributed by atoms with Gasteiger partial charge in [0.1, 0.15) is 12.4 Å². The van der Waals surface area contributed by atoms with Gasteiger partial charge in [0.2, 0.25) is 5.91 Å². The molecule has 1 aromatic carbocycles. The number of hydrogen-bond acceptors (Lipinski definition) is 3. The molecule has 0 saturated carbocycles. The van der Waals surface area contributed by atoms with Crippen LogP contribution >= 0.6 is 0 Å². The number of amides is 1. The molecule has 4 nitrogen and oxygen atoms in total. The number of aliphatic hydroxyl groups excluding tert-OH is 1. The van der Waals surface area contributed by atoms with Crippen LogP contribution in [0.25, 0.3) is 0 Å². The molecule has 2 N–H and O–H groups in total. The molecule has 1 aromatic rings. The molecule has 0 heterocycles. The Bertz CT molecular complexity index is 377. The molecule has 0 unspecified atom stereocenters. The van der Waals surface area contributed by atoms with Gasteiger partial charge >= 0.3 is 0 Å². The van der Waals surface area contributed by atoms with Crippen LogP contribution in [0.4, 0.5) is 0 Å². The number of rotatable bonds is 6. The third-order valence-corrected chi connectivity index (χ3v) is 2.34. The SMILES string of the molecule is CC(=O)NCCc1ccc(C)cc1OCCO. The first-order chi connectivity index (χ1) is 8.13. The number of hydrogen-bond donors (Lipinski definition) is 2. The van der Waals surface area contributed by atoms with Gasteiger partial charge in [-0.05, 0) is 30.5 Å². The van der Waals surface area contributed by atoms with E-state index in [2.05, 4.69) is 5.32 Å². The molecule has 4 heteroatoms. The number of benzene rings is 1. The monoisotopic (exact) mass is 237 g/mol. The zero-order valence-electron chi connectivity index (χ0n) is 10.3. The van der Waals surface area contributed by atoms with Crippen molar-refractivity contribution >= 4 is 5.91 Å². The van der Waals surface area contributed by atoms with Crippen LogP contribution in [0.15, 0.2) is 18.2 Å². The molecule has 0 spiro atoms. The highest BCUT2D eigenvalue weighted by atomic mass is 16.5. The summed E-state index contributed by atoms with van der Waals surface area (Å²) in [6.45, 7) is 4.37. The molecule has 94 valence electrons. The molecule has 0 aromatic heterocycles.